The van der Waals surface area contributed by atoms with Gasteiger partial charge in [-0.25, -0.2) is 0 Å². The molecule has 1 spiro atoms. The van der Waals surface area contributed by atoms with E-state index in [1.54, 1.807) is 12.1 Å². The molecule has 2 aliphatic carbocycles. The molecule has 4 aromatic rings. The van der Waals surface area contributed by atoms with Crippen LogP contribution >= 0.6 is 0 Å². The Kier molecular flexibility index (Phi) is 9.66. The number of Topliss-reactive ketones (excluding diaryl/α,β-unsaturated/α-hetero) is 1. The molecular weight excluding hydrogens is 721 g/mol. The van der Waals surface area contributed by atoms with E-state index in [2.05, 4.69) is 40.4 Å². The third-order valence-corrected chi connectivity index (χ3v) is 12.7. The smallest absolute Gasteiger partial charge is 0.191 e. The van der Waals surface area contributed by atoms with Gasteiger partial charge in [-0.05, 0) is 83.3 Å². The predicted molar refractivity (Wildman–Crippen MR) is 214 cm³/mol. The summed E-state index contributed by atoms with van der Waals surface area (Å²) in [4.78, 5) is 16.6. The third kappa shape index (κ3) is 6.89. The van der Waals surface area contributed by atoms with Gasteiger partial charge in [-0.2, -0.15) is 0 Å². The number of allylic oxidation sites excluding steroid dienone is 1. The summed E-state index contributed by atoms with van der Waals surface area (Å²) >= 11 is 0. The largest absolute Gasteiger partial charge is 0.508 e. The van der Waals surface area contributed by atoms with Crippen LogP contribution in [-0.4, -0.2) is 48.0 Å². The number of H-pyrrole nitrogens is 1. The summed E-state index contributed by atoms with van der Waals surface area (Å²) in [5.41, 5.74) is 11.9. The number of aliphatic hydroxyl groups is 3. The number of phenols is 1. The van der Waals surface area contributed by atoms with E-state index in [1.807, 2.05) is 54.4 Å². The number of ketones is 1. The van der Waals surface area contributed by atoms with Crippen LogP contribution in [0.5, 0.6) is 17.2 Å². The van der Waals surface area contributed by atoms with Gasteiger partial charge in [-0.3, -0.25) is 4.79 Å². The van der Waals surface area contributed by atoms with Crippen molar-refractivity contribution in [3.63, 3.8) is 0 Å². The number of hydrogen-bond donors (Lipinski definition) is 7. The summed E-state index contributed by atoms with van der Waals surface area (Å²) in [5.74, 6) is 9.74. The first-order chi connectivity index (χ1) is 27.6. The lowest BCUT2D eigenvalue weighted by Crippen LogP contribution is -2.35. The number of hydrogen-bond acceptors (Lipinski definition) is 9. The van der Waals surface area contributed by atoms with Crippen molar-refractivity contribution in [2.75, 3.05) is 0 Å². The van der Waals surface area contributed by atoms with Gasteiger partial charge in [0.05, 0.1) is 29.1 Å². The van der Waals surface area contributed by atoms with Gasteiger partial charge in [-0.15, -0.1) is 0 Å². The van der Waals surface area contributed by atoms with E-state index in [0.29, 0.717) is 24.2 Å². The maximum Gasteiger partial charge on any atom is 0.191 e. The molecule has 0 amide bonds. The maximum absolute atomic E-state index is 13.1. The predicted octanol–water partition coefficient (Wildman–Crippen LogP) is 5.78. The van der Waals surface area contributed by atoms with E-state index in [0.717, 1.165) is 64.4 Å². The van der Waals surface area contributed by atoms with Crippen LogP contribution in [0.3, 0.4) is 0 Å². The van der Waals surface area contributed by atoms with Crippen molar-refractivity contribution in [1.82, 2.24) is 14.9 Å². The molecule has 3 aliphatic heterocycles. The number of aliphatic hydroxyl groups excluding tert-OH is 3. The number of nitrogens with one attached hydrogen (secondary N) is 2. The third-order valence-electron chi connectivity index (χ3n) is 12.7. The fourth-order valence-corrected chi connectivity index (χ4v) is 9.54. The highest BCUT2D eigenvalue weighted by Gasteiger charge is 2.46. The number of fused-ring (bicyclic) bond motifs is 8. The number of carbonyl (C=O) groups is 1. The second kappa shape index (κ2) is 14.8. The molecule has 1 saturated carbocycles. The number of rotatable bonds is 6. The molecule has 9 rings (SSSR count). The Hall–Kier alpha value is -5.43. The normalized spacial score (nSPS) is 27.1. The molecule has 11 heteroatoms. The first-order valence-electron chi connectivity index (χ1n) is 20.0. The second-order valence-corrected chi connectivity index (χ2v) is 16.5. The molecule has 2 bridgehead atoms. The molecule has 5 heterocycles. The molecule has 0 saturated heterocycles. The average Bonchev–Trinajstić information content (AvgIpc) is 3.93. The molecule has 0 radical (unpaired) electrons. The number of benzene rings is 2. The SMILES string of the molecule is C[C@@H]1C=C[C@@H]([C@@H](O)CC(=O)CCc2cc3c(cc2O)OC#CC2(CCCC2)[C@H]2C#C[C@H](O)c4ccc5c(c4Cc4c[nH]c6cn(cc46)[C@H]2O3)C=CN[C@@H]5N)[C@H](O)C1. The molecule has 5 aliphatic rings. The number of ether oxygens (including phenoxy) is 2. The lowest BCUT2D eigenvalue weighted by Gasteiger charge is -2.35. The fraction of sp³-hybridized carbons (Fsp3) is 0.413. The van der Waals surface area contributed by atoms with Crippen LogP contribution in [0.2, 0.25) is 0 Å². The van der Waals surface area contributed by atoms with Crippen molar-refractivity contribution < 1.29 is 34.7 Å². The summed E-state index contributed by atoms with van der Waals surface area (Å²) < 4.78 is 15.1. The van der Waals surface area contributed by atoms with E-state index in [9.17, 15) is 25.2 Å². The van der Waals surface area contributed by atoms with Crippen LogP contribution in [0.15, 0.2) is 61.2 Å². The highest BCUT2D eigenvalue weighted by Crippen LogP contribution is 2.51. The maximum atomic E-state index is 13.1. The number of phenolic OH excluding ortho intramolecular Hbond substituents is 1. The zero-order valence-electron chi connectivity index (χ0n) is 31.9. The van der Waals surface area contributed by atoms with Crippen LogP contribution in [0.4, 0.5) is 0 Å². The van der Waals surface area contributed by atoms with Crippen LogP contribution in [0.25, 0.3) is 17.0 Å². The number of aromatic hydroxyl groups is 1. The quantitative estimate of drug-likeness (QED) is 0.0948. The monoisotopic (exact) mass is 768 g/mol. The highest BCUT2D eigenvalue weighted by atomic mass is 16.5. The van der Waals surface area contributed by atoms with Crippen LogP contribution < -0.4 is 20.5 Å². The molecule has 2 aromatic heterocycles. The number of aryl methyl sites for hydroxylation is 1. The van der Waals surface area contributed by atoms with E-state index in [1.165, 1.54) is 6.07 Å². The van der Waals surface area contributed by atoms with Crippen LogP contribution in [0.1, 0.15) is 104 Å². The lowest BCUT2D eigenvalue weighted by atomic mass is 9.73. The Labute approximate surface area is 331 Å². The Balaban J connectivity index is 1.08. The molecule has 2 aromatic carbocycles. The van der Waals surface area contributed by atoms with Crippen molar-refractivity contribution >= 4 is 22.8 Å². The minimum atomic E-state index is -1.10. The van der Waals surface area contributed by atoms with Crippen molar-refractivity contribution in [2.24, 2.45) is 28.9 Å². The summed E-state index contributed by atoms with van der Waals surface area (Å²) in [5, 5.41) is 48.6. The van der Waals surface area contributed by atoms with Gasteiger partial charge in [0.15, 0.2) is 17.7 Å². The van der Waals surface area contributed by atoms with E-state index in [-0.39, 0.29) is 48.6 Å². The van der Waals surface area contributed by atoms with Crippen molar-refractivity contribution in [1.29, 1.82) is 0 Å². The topological polar surface area (TPSA) is 175 Å². The Morgan fingerprint density at radius 2 is 1.93 bits per heavy atom. The van der Waals surface area contributed by atoms with Crippen molar-refractivity contribution in [3.05, 3.63) is 94.6 Å². The van der Waals surface area contributed by atoms with E-state index >= 15 is 0 Å². The van der Waals surface area contributed by atoms with Crippen molar-refractivity contribution in [3.8, 4) is 41.1 Å². The van der Waals surface area contributed by atoms with Gasteiger partial charge in [0.25, 0.3) is 0 Å². The summed E-state index contributed by atoms with van der Waals surface area (Å²) in [6, 6.07) is 7.06. The fourth-order valence-electron chi connectivity index (χ4n) is 9.54. The molecule has 11 nitrogen and oxygen atoms in total. The van der Waals surface area contributed by atoms with Gasteiger partial charge in [0.2, 0.25) is 0 Å². The summed E-state index contributed by atoms with van der Waals surface area (Å²) in [6.45, 7) is 2.00. The number of nitrogens with two attached hydrogens (primary N) is 1. The minimum absolute atomic E-state index is 0.0635. The number of nitrogens with zero attached hydrogens (tertiary/aromatic N) is 1. The first kappa shape index (κ1) is 37.2. The molecule has 1 fully saturated rings. The highest BCUT2D eigenvalue weighted by molar-refractivity contribution is 5.84. The van der Waals surface area contributed by atoms with E-state index < -0.39 is 41.8 Å². The molecule has 8 atom stereocenters. The number of aromatic nitrogens is 2. The van der Waals surface area contributed by atoms with Gasteiger partial charge in [-0.1, -0.05) is 61.8 Å². The second-order valence-electron chi connectivity index (χ2n) is 16.5. The molecule has 57 heavy (non-hydrogen) atoms. The first-order valence-corrected chi connectivity index (χ1v) is 20.0. The van der Waals surface area contributed by atoms with Gasteiger partial charge in [0, 0.05) is 55.2 Å². The van der Waals surface area contributed by atoms with Gasteiger partial charge in [0.1, 0.15) is 29.9 Å². The van der Waals surface area contributed by atoms with Gasteiger partial charge < -0.3 is 50.5 Å². The number of carbonyl (C=O) groups excluding carboxylic acids is 1. The molecule has 8 N–H and O–H groups in total. The Morgan fingerprint density at radius 3 is 2.75 bits per heavy atom. The minimum Gasteiger partial charge on any atom is -0.508 e. The molecular formula is C46H48N4O7. The average molecular weight is 769 g/mol. The van der Waals surface area contributed by atoms with E-state index in [4.69, 9.17) is 15.2 Å². The van der Waals surface area contributed by atoms with Gasteiger partial charge >= 0.3 is 0 Å². The Bertz CT molecular complexity index is 2410. The van der Waals surface area contributed by atoms with Crippen LogP contribution in [-0.2, 0) is 17.6 Å². The van der Waals surface area contributed by atoms with Crippen LogP contribution in [0, 0.1) is 47.0 Å². The van der Waals surface area contributed by atoms with Crippen molar-refractivity contribution in [2.45, 2.75) is 95.4 Å². The zero-order valence-corrected chi connectivity index (χ0v) is 31.9. The lowest BCUT2D eigenvalue weighted by molar-refractivity contribution is -0.122. The summed E-state index contributed by atoms with van der Waals surface area (Å²) in [7, 11) is 0. The Morgan fingerprint density at radius 1 is 1.11 bits per heavy atom. The standard InChI is InChI=1S/C46H48N4O7/c1-26-4-7-33(40(54)18-26)41(55)21-29(51)6-5-27-20-43-42(22-39(27)53)56-17-15-46(13-2-3-14-46)36-10-11-38(52)31-8-9-32-30(12-16-48-44(32)47)34(31)19-28-23-49-37-25-50(24-35(28)37)45(36)57-43/h4,7-9,12,16,20,22-26,33,36,38,40-41,44-45,48-49,52-55H,2-3,5-6,13-14,18-19,21,47H2,1H3/t26-,33-,36+,38+,40-,41+,44+,45+/m1/s1. The summed E-state index contributed by atoms with van der Waals surface area (Å²) in [6.07, 6.45) is 17.5. The zero-order chi connectivity index (χ0) is 39.4. The number of aromatic amines is 1. The molecule has 294 valence electrons. The molecule has 0 unspecified atom stereocenters.